The lowest BCUT2D eigenvalue weighted by atomic mass is 10.3. The fraction of sp³-hybridized carbons (Fsp3) is 0.278. The van der Waals surface area contributed by atoms with Gasteiger partial charge >= 0.3 is 0 Å². The highest BCUT2D eigenvalue weighted by atomic mass is 35.5. The Morgan fingerprint density at radius 2 is 2.15 bits per heavy atom. The van der Waals surface area contributed by atoms with Crippen LogP contribution in [0.15, 0.2) is 58.6 Å². The van der Waals surface area contributed by atoms with Crippen molar-refractivity contribution in [1.82, 2.24) is 19.7 Å². The molecule has 9 heteroatoms. The molecule has 0 N–H and O–H groups in total. The zero-order valence-electron chi connectivity index (χ0n) is 14.7. The molecular formula is C18H19ClN4O3S. The van der Waals surface area contributed by atoms with Crippen molar-refractivity contribution in [2.75, 3.05) is 26.0 Å². The van der Waals surface area contributed by atoms with Crippen molar-refractivity contribution in [2.45, 2.75) is 11.7 Å². The van der Waals surface area contributed by atoms with E-state index in [4.69, 9.17) is 20.8 Å². The molecule has 3 aromatic rings. The fourth-order valence-electron chi connectivity index (χ4n) is 2.23. The van der Waals surface area contributed by atoms with E-state index >= 15 is 0 Å². The van der Waals surface area contributed by atoms with E-state index < -0.39 is 0 Å². The highest BCUT2D eigenvalue weighted by Gasteiger charge is 2.13. The number of aromatic nitrogens is 3. The first kappa shape index (κ1) is 19.3. The van der Waals surface area contributed by atoms with Crippen LogP contribution in [0.3, 0.4) is 0 Å². The zero-order chi connectivity index (χ0) is 19.1. The Hall–Kier alpha value is -2.45. The Morgan fingerprint density at radius 1 is 1.33 bits per heavy atom. The Bertz CT molecular complexity index is 852. The average Bonchev–Trinajstić information content (AvgIpc) is 3.33. The lowest BCUT2D eigenvalue weighted by Crippen LogP contribution is -2.32. The predicted molar refractivity (Wildman–Crippen MR) is 103 cm³/mol. The van der Waals surface area contributed by atoms with E-state index in [2.05, 4.69) is 10.2 Å². The minimum Gasteiger partial charge on any atom is -0.492 e. The Balaban J connectivity index is 1.42. The highest BCUT2D eigenvalue weighted by Crippen LogP contribution is 2.17. The van der Waals surface area contributed by atoms with Crippen LogP contribution in [-0.2, 0) is 11.3 Å². The van der Waals surface area contributed by atoms with Gasteiger partial charge in [-0.2, -0.15) is 0 Å². The first-order valence-electron chi connectivity index (χ1n) is 8.27. The summed E-state index contributed by atoms with van der Waals surface area (Å²) in [7, 11) is 1.75. The molecule has 7 nitrogen and oxygen atoms in total. The van der Waals surface area contributed by atoms with Gasteiger partial charge in [-0.05, 0) is 36.4 Å². The fourth-order valence-corrected chi connectivity index (χ4v) is 3.21. The molecule has 0 aliphatic rings. The van der Waals surface area contributed by atoms with Crippen molar-refractivity contribution >= 4 is 29.3 Å². The molecule has 0 aliphatic heterocycles. The van der Waals surface area contributed by atoms with Crippen LogP contribution in [-0.4, -0.2) is 51.5 Å². The number of hydrogen-bond donors (Lipinski definition) is 0. The molecule has 2 aromatic heterocycles. The van der Waals surface area contributed by atoms with Crippen molar-refractivity contribution in [1.29, 1.82) is 0 Å². The number of hydrogen-bond acceptors (Lipinski definition) is 6. The molecule has 0 unspecified atom stereocenters. The first-order valence-corrected chi connectivity index (χ1v) is 9.63. The van der Waals surface area contributed by atoms with E-state index in [0.717, 1.165) is 11.5 Å². The molecule has 0 saturated heterocycles. The summed E-state index contributed by atoms with van der Waals surface area (Å²) in [6, 6.07) is 10.8. The molecule has 0 atom stereocenters. The summed E-state index contributed by atoms with van der Waals surface area (Å²) in [5.74, 6) is 1.79. The van der Waals surface area contributed by atoms with Gasteiger partial charge in [-0.3, -0.25) is 4.79 Å². The SMILES string of the molecule is CN(CCOc1ccc(Cl)cc1)C(=O)CSc1nncn1Cc1ccco1. The second-order valence-corrected chi connectivity index (χ2v) is 7.11. The van der Waals surface area contributed by atoms with Gasteiger partial charge in [-0.1, -0.05) is 23.4 Å². The van der Waals surface area contributed by atoms with Crippen molar-refractivity contribution < 1.29 is 13.9 Å². The third kappa shape index (κ3) is 5.77. The summed E-state index contributed by atoms with van der Waals surface area (Å²) in [5, 5.41) is 9.31. The molecule has 3 rings (SSSR count). The molecule has 0 spiro atoms. The van der Waals surface area contributed by atoms with Crippen LogP contribution in [0, 0.1) is 0 Å². The smallest absolute Gasteiger partial charge is 0.232 e. The molecule has 2 heterocycles. The van der Waals surface area contributed by atoms with Crippen LogP contribution >= 0.6 is 23.4 Å². The summed E-state index contributed by atoms with van der Waals surface area (Å²) >= 11 is 7.18. The van der Waals surface area contributed by atoms with Gasteiger partial charge < -0.3 is 18.6 Å². The largest absolute Gasteiger partial charge is 0.492 e. The van der Waals surface area contributed by atoms with Gasteiger partial charge in [-0.25, -0.2) is 0 Å². The monoisotopic (exact) mass is 406 g/mol. The van der Waals surface area contributed by atoms with Gasteiger partial charge in [0.2, 0.25) is 5.91 Å². The topological polar surface area (TPSA) is 73.4 Å². The van der Waals surface area contributed by atoms with Gasteiger partial charge in [0.05, 0.1) is 25.1 Å². The Labute approximate surface area is 166 Å². The maximum atomic E-state index is 12.3. The second kappa shape index (κ2) is 9.48. The first-order chi connectivity index (χ1) is 13.1. The summed E-state index contributed by atoms with van der Waals surface area (Å²) in [5.41, 5.74) is 0. The van der Waals surface area contributed by atoms with Crippen LogP contribution < -0.4 is 4.74 Å². The number of rotatable bonds is 9. The lowest BCUT2D eigenvalue weighted by Gasteiger charge is -2.17. The molecule has 0 saturated carbocycles. The molecule has 0 radical (unpaired) electrons. The molecule has 1 aromatic carbocycles. The van der Waals surface area contributed by atoms with E-state index in [1.807, 2.05) is 16.7 Å². The number of ether oxygens (including phenoxy) is 1. The van der Waals surface area contributed by atoms with Gasteiger partial charge in [0, 0.05) is 12.1 Å². The van der Waals surface area contributed by atoms with Crippen molar-refractivity contribution in [2.24, 2.45) is 0 Å². The number of thioether (sulfide) groups is 1. The third-order valence-corrected chi connectivity index (χ3v) is 4.96. The normalized spacial score (nSPS) is 10.7. The van der Waals surface area contributed by atoms with Crippen molar-refractivity contribution in [3.63, 3.8) is 0 Å². The van der Waals surface area contributed by atoms with E-state index in [9.17, 15) is 4.79 Å². The molecule has 1 amide bonds. The molecule has 142 valence electrons. The van der Waals surface area contributed by atoms with Gasteiger partial charge in [0.25, 0.3) is 0 Å². The van der Waals surface area contributed by atoms with Gasteiger partial charge in [0.15, 0.2) is 5.16 Å². The Morgan fingerprint density at radius 3 is 2.89 bits per heavy atom. The summed E-state index contributed by atoms with van der Waals surface area (Å²) in [4.78, 5) is 13.9. The molecule has 0 aliphatic carbocycles. The summed E-state index contributed by atoms with van der Waals surface area (Å²) in [6.45, 7) is 1.42. The molecule has 0 bridgehead atoms. The Kier molecular flexibility index (Phi) is 6.78. The van der Waals surface area contributed by atoms with E-state index in [-0.39, 0.29) is 11.7 Å². The van der Waals surface area contributed by atoms with Gasteiger partial charge in [-0.15, -0.1) is 10.2 Å². The standard InChI is InChI=1S/C18H19ClN4O3S/c1-22(8-10-26-15-6-4-14(19)5-7-15)17(24)12-27-18-21-20-13-23(18)11-16-3-2-9-25-16/h2-7,9,13H,8,10-12H2,1H3. The van der Waals surface area contributed by atoms with Crippen LogP contribution in [0.2, 0.25) is 5.02 Å². The average molecular weight is 407 g/mol. The zero-order valence-corrected chi connectivity index (χ0v) is 16.3. The van der Waals surface area contributed by atoms with Crippen molar-refractivity contribution in [3.8, 4) is 5.75 Å². The quantitative estimate of drug-likeness (QED) is 0.508. The molecule has 27 heavy (non-hydrogen) atoms. The maximum Gasteiger partial charge on any atom is 0.232 e. The third-order valence-electron chi connectivity index (χ3n) is 3.75. The van der Waals surface area contributed by atoms with Crippen LogP contribution in [0.5, 0.6) is 5.75 Å². The number of carbonyl (C=O) groups is 1. The lowest BCUT2D eigenvalue weighted by molar-refractivity contribution is -0.127. The predicted octanol–water partition coefficient (Wildman–Crippen LogP) is 3.20. The highest BCUT2D eigenvalue weighted by molar-refractivity contribution is 7.99. The van der Waals surface area contributed by atoms with E-state index in [0.29, 0.717) is 29.9 Å². The minimum atomic E-state index is -0.00717. The number of benzene rings is 1. The number of likely N-dealkylation sites (N-methyl/N-ethyl adjacent to an activating group) is 1. The molecular weight excluding hydrogens is 388 g/mol. The number of furan rings is 1. The molecule has 0 fully saturated rings. The second-order valence-electron chi connectivity index (χ2n) is 5.73. The van der Waals surface area contributed by atoms with E-state index in [1.165, 1.54) is 11.8 Å². The maximum absolute atomic E-state index is 12.3. The number of nitrogens with zero attached hydrogens (tertiary/aromatic N) is 4. The minimum absolute atomic E-state index is 0.00717. The number of halogens is 1. The van der Waals surface area contributed by atoms with Crippen LogP contribution in [0.1, 0.15) is 5.76 Å². The van der Waals surface area contributed by atoms with Crippen LogP contribution in [0.4, 0.5) is 0 Å². The summed E-state index contributed by atoms with van der Waals surface area (Å²) in [6.07, 6.45) is 3.25. The number of amides is 1. The van der Waals surface area contributed by atoms with Gasteiger partial charge in [0.1, 0.15) is 24.4 Å². The van der Waals surface area contributed by atoms with E-state index in [1.54, 1.807) is 48.8 Å². The van der Waals surface area contributed by atoms with Crippen molar-refractivity contribution in [3.05, 3.63) is 59.8 Å². The number of carbonyl (C=O) groups excluding carboxylic acids is 1. The summed E-state index contributed by atoms with van der Waals surface area (Å²) < 4.78 is 12.8. The van der Waals surface area contributed by atoms with Crippen LogP contribution in [0.25, 0.3) is 0 Å².